The van der Waals surface area contributed by atoms with Gasteiger partial charge in [-0.1, -0.05) is 0 Å². The molecule has 0 aromatic rings. The summed E-state index contributed by atoms with van der Waals surface area (Å²) in [7, 11) is 0. The van der Waals surface area contributed by atoms with Gasteiger partial charge in [0.25, 0.3) is 10.2 Å². The monoisotopic (exact) mass is 155 g/mol. The van der Waals surface area contributed by atoms with E-state index in [1.807, 2.05) is 0 Å². The zero-order valence-electron chi connectivity index (χ0n) is 6.06. The summed E-state index contributed by atoms with van der Waals surface area (Å²) in [6, 6.07) is 0. The number of hydrazine groups is 1. The topological polar surface area (TPSA) is 59.1 Å². The third-order valence-electron chi connectivity index (χ3n) is 1.42. The molecule has 6 heteroatoms. The van der Waals surface area contributed by atoms with Crippen LogP contribution in [0, 0.1) is 0 Å². The first-order chi connectivity index (χ1) is 4.34. The van der Waals surface area contributed by atoms with Crippen molar-refractivity contribution in [3.05, 3.63) is 0 Å². The van der Waals surface area contributed by atoms with Gasteiger partial charge in [0.15, 0.2) is 0 Å². The van der Waals surface area contributed by atoms with Crippen molar-refractivity contribution in [2.24, 2.45) is 5.28 Å². The van der Waals surface area contributed by atoms with Gasteiger partial charge in [0.05, 0.1) is 13.1 Å². The van der Waals surface area contributed by atoms with E-state index in [1.54, 1.807) is 5.01 Å². The second-order valence-corrected chi connectivity index (χ2v) is 2.02. The summed E-state index contributed by atoms with van der Waals surface area (Å²) in [5.74, 6) is 0. The van der Waals surface area contributed by atoms with Crippen LogP contribution in [-0.4, -0.2) is 33.5 Å². The van der Waals surface area contributed by atoms with Gasteiger partial charge >= 0.3 is 29.6 Å². The molecule has 0 spiro atoms. The van der Waals surface area contributed by atoms with Crippen LogP contribution in [0.3, 0.4) is 0 Å². The van der Waals surface area contributed by atoms with E-state index in [0.29, 0.717) is 4.97 Å². The molecule has 0 aromatic carbocycles. The maximum Gasteiger partial charge on any atom is 1.00 e. The summed E-state index contributed by atoms with van der Waals surface area (Å²) in [6.07, 6.45) is 2.10. The molecule has 0 radical (unpaired) electrons. The van der Waals surface area contributed by atoms with Crippen molar-refractivity contribution in [1.29, 1.82) is 0 Å². The molecule has 52 valence electrons. The van der Waals surface area contributed by atoms with Crippen LogP contribution in [0.1, 0.15) is 12.8 Å². The molecule has 10 heavy (non-hydrogen) atoms. The predicted octanol–water partition coefficient (Wildman–Crippen LogP) is -2.76. The molecule has 1 aliphatic rings. The Kier molecular flexibility index (Phi) is 4.76. The molecule has 0 amide bonds. The van der Waals surface area contributed by atoms with E-state index >= 15 is 0 Å². The minimum Gasteiger partial charge on any atom is -0.357 e. The molecule has 0 atom stereocenters. The van der Waals surface area contributed by atoms with Gasteiger partial charge in [-0.2, -0.15) is 0 Å². The van der Waals surface area contributed by atoms with E-state index < -0.39 is 0 Å². The van der Waals surface area contributed by atoms with Crippen molar-refractivity contribution in [2.75, 3.05) is 13.1 Å². The standard InChI is InChI=1S/C4H9N3O2.Na/c8-5-7(9)6-3-1-2-4-6;/h9H,1-4H2;/q;+1/p+1. The van der Waals surface area contributed by atoms with Crippen LogP contribution in [-0.2, 0) is 0 Å². The normalized spacial score (nSPS) is 18.8. The van der Waals surface area contributed by atoms with Crippen LogP contribution in [0.25, 0.3) is 0 Å². The van der Waals surface area contributed by atoms with Crippen molar-refractivity contribution < 1.29 is 44.9 Å². The molecule has 1 aliphatic heterocycles. The van der Waals surface area contributed by atoms with Gasteiger partial charge in [-0.25, -0.2) is 5.21 Å². The van der Waals surface area contributed by atoms with Gasteiger partial charge < -0.3 is 5.21 Å². The second kappa shape index (κ2) is 4.76. The molecular formula is C4H10N3NaO2+2. The number of rotatable bonds is 1. The van der Waals surface area contributed by atoms with Gasteiger partial charge in [-0.05, 0) is 12.8 Å². The minimum atomic E-state index is 0. The quantitative estimate of drug-likeness (QED) is 0.187. The molecule has 1 fully saturated rings. The Labute approximate surface area is 81.1 Å². The molecule has 5 nitrogen and oxygen atoms in total. The SMILES string of the molecule is ON=[N+](O)N1CCCC1.[Na+]. The molecule has 1 heterocycles. The average molecular weight is 155 g/mol. The summed E-state index contributed by atoms with van der Waals surface area (Å²) >= 11 is 0. The summed E-state index contributed by atoms with van der Waals surface area (Å²) < 4.78 is 0. The summed E-state index contributed by atoms with van der Waals surface area (Å²) in [5, 5.41) is 20.9. The summed E-state index contributed by atoms with van der Waals surface area (Å²) in [6.45, 7) is 1.53. The van der Waals surface area contributed by atoms with E-state index in [9.17, 15) is 0 Å². The fourth-order valence-electron chi connectivity index (χ4n) is 0.936. The summed E-state index contributed by atoms with van der Waals surface area (Å²) in [4.78, 5) is 0.479. The Hall–Kier alpha value is 0. The van der Waals surface area contributed by atoms with Gasteiger partial charge in [-0.3, -0.25) is 0 Å². The molecular weight excluding hydrogens is 145 g/mol. The number of hydrogen-bond acceptors (Lipinski definition) is 1. The van der Waals surface area contributed by atoms with Crippen molar-refractivity contribution in [1.82, 2.24) is 5.01 Å². The van der Waals surface area contributed by atoms with Crippen LogP contribution < -0.4 is 29.6 Å². The van der Waals surface area contributed by atoms with Gasteiger partial charge in [-0.15, -0.1) is 5.01 Å². The Bertz CT molecular complexity index is 124. The smallest absolute Gasteiger partial charge is 0.357 e. The predicted molar refractivity (Wildman–Crippen MR) is 27.1 cm³/mol. The average Bonchev–Trinajstić information content (AvgIpc) is 2.37. The van der Waals surface area contributed by atoms with Crippen LogP contribution in [0.4, 0.5) is 0 Å². The summed E-state index contributed by atoms with van der Waals surface area (Å²) in [5.41, 5.74) is 0. The van der Waals surface area contributed by atoms with Crippen molar-refractivity contribution in [2.45, 2.75) is 12.8 Å². The van der Waals surface area contributed by atoms with Crippen molar-refractivity contribution in [3.8, 4) is 0 Å². The van der Waals surface area contributed by atoms with E-state index in [4.69, 9.17) is 10.4 Å². The molecule has 0 aromatic heterocycles. The third kappa shape index (κ3) is 2.32. The number of hydrogen-bond donors (Lipinski definition) is 2. The fraction of sp³-hybridized carbons (Fsp3) is 1.00. The third-order valence-corrected chi connectivity index (χ3v) is 1.42. The molecule has 2 N–H and O–H groups in total. The zero-order valence-corrected chi connectivity index (χ0v) is 8.06. The first kappa shape index (κ1) is 10.0. The largest absolute Gasteiger partial charge is 1.00 e. The van der Waals surface area contributed by atoms with E-state index in [2.05, 4.69) is 5.28 Å². The molecule has 0 aliphatic carbocycles. The Morgan fingerprint density at radius 2 is 1.80 bits per heavy atom. The first-order valence-electron chi connectivity index (χ1n) is 2.93. The maximum atomic E-state index is 8.70. The van der Waals surface area contributed by atoms with Crippen LogP contribution in [0.15, 0.2) is 5.28 Å². The van der Waals surface area contributed by atoms with Crippen LogP contribution >= 0.6 is 0 Å². The Morgan fingerprint density at radius 1 is 1.30 bits per heavy atom. The second-order valence-electron chi connectivity index (χ2n) is 2.02. The first-order valence-corrected chi connectivity index (χ1v) is 2.93. The minimum absolute atomic E-state index is 0. The van der Waals surface area contributed by atoms with Gasteiger partial charge in [0.2, 0.25) is 0 Å². The van der Waals surface area contributed by atoms with Gasteiger partial charge in [0, 0.05) is 0 Å². The maximum absolute atomic E-state index is 8.70. The van der Waals surface area contributed by atoms with Crippen molar-refractivity contribution in [3.63, 3.8) is 0 Å². The van der Waals surface area contributed by atoms with Crippen LogP contribution in [0.5, 0.6) is 0 Å². The zero-order chi connectivity index (χ0) is 6.69. The van der Waals surface area contributed by atoms with E-state index in [-0.39, 0.29) is 29.6 Å². The number of nitrogens with zero attached hydrogens (tertiary/aromatic N) is 3. The fourth-order valence-corrected chi connectivity index (χ4v) is 0.936. The Balaban J connectivity index is 0.000000810. The molecule has 1 rings (SSSR count). The van der Waals surface area contributed by atoms with Crippen molar-refractivity contribution >= 4 is 0 Å². The molecule has 0 bridgehead atoms. The molecule has 0 unspecified atom stereocenters. The van der Waals surface area contributed by atoms with E-state index in [0.717, 1.165) is 25.9 Å². The van der Waals surface area contributed by atoms with Gasteiger partial charge in [0.1, 0.15) is 0 Å². The molecule has 0 saturated carbocycles. The van der Waals surface area contributed by atoms with Crippen LogP contribution in [0.2, 0.25) is 0 Å². The molecule has 1 saturated heterocycles. The van der Waals surface area contributed by atoms with E-state index in [1.165, 1.54) is 0 Å². The Morgan fingerprint density at radius 3 is 2.20 bits per heavy atom.